The average molecular weight is 283 g/mol. The van der Waals surface area contributed by atoms with Gasteiger partial charge in [-0.1, -0.05) is 36.7 Å². The molecule has 4 heteroatoms. The molecule has 3 nitrogen and oxygen atoms in total. The van der Waals surface area contributed by atoms with E-state index < -0.39 is 0 Å². The molecule has 0 spiro atoms. The lowest BCUT2D eigenvalue weighted by atomic mass is 9.95. The van der Waals surface area contributed by atoms with Gasteiger partial charge in [0.1, 0.15) is 0 Å². The Kier molecular flexibility index (Phi) is 5.22. The zero-order valence-corrected chi connectivity index (χ0v) is 12.2. The van der Waals surface area contributed by atoms with Crippen molar-refractivity contribution in [2.75, 3.05) is 13.2 Å². The van der Waals surface area contributed by atoms with Crippen LogP contribution in [0.1, 0.15) is 37.8 Å². The summed E-state index contributed by atoms with van der Waals surface area (Å²) in [4.78, 5) is 2.33. The Morgan fingerprint density at radius 1 is 1.47 bits per heavy atom. The van der Waals surface area contributed by atoms with Crippen LogP contribution in [0.3, 0.4) is 0 Å². The number of likely N-dealkylation sites (tertiary alicyclic amines) is 1. The van der Waals surface area contributed by atoms with Gasteiger partial charge in [-0.3, -0.25) is 4.90 Å². The molecule has 0 aromatic heterocycles. The highest BCUT2D eigenvalue weighted by Crippen LogP contribution is 2.35. The van der Waals surface area contributed by atoms with Gasteiger partial charge in [-0.2, -0.15) is 0 Å². The van der Waals surface area contributed by atoms with E-state index in [1.165, 1.54) is 0 Å². The molecule has 0 bridgehead atoms. The second-order valence-corrected chi connectivity index (χ2v) is 5.66. The smallest absolute Gasteiger partial charge is 0.0587 e. The molecule has 1 aromatic rings. The first-order valence-electron chi connectivity index (χ1n) is 7.05. The van der Waals surface area contributed by atoms with Crippen LogP contribution in [0.25, 0.3) is 0 Å². The second kappa shape index (κ2) is 6.71. The van der Waals surface area contributed by atoms with Crippen LogP contribution in [0.15, 0.2) is 24.3 Å². The zero-order valence-electron chi connectivity index (χ0n) is 11.4. The summed E-state index contributed by atoms with van der Waals surface area (Å²) in [6.45, 7) is 3.27. The van der Waals surface area contributed by atoms with Gasteiger partial charge in [0.25, 0.3) is 0 Å². The molecule has 19 heavy (non-hydrogen) atoms. The van der Waals surface area contributed by atoms with E-state index in [2.05, 4.69) is 17.9 Å². The first-order valence-corrected chi connectivity index (χ1v) is 7.43. The first kappa shape index (κ1) is 14.8. The summed E-state index contributed by atoms with van der Waals surface area (Å²) in [6, 6.07) is 8.24. The molecule has 106 valence electrons. The quantitative estimate of drug-likeness (QED) is 0.873. The summed E-state index contributed by atoms with van der Waals surface area (Å²) in [5, 5.41) is 10.3. The van der Waals surface area contributed by atoms with Gasteiger partial charge in [-0.05, 0) is 37.4 Å². The number of aliphatic hydroxyl groups is 1. The Bertz CT molecular complexity index is 413. The molecule has 0 aliphatic carbocycles. The Hall–Kier alpha value is -0.610. The van der Waals surface area contributed by atoms with Crippen LogP contribution in [-0.2, 0) is 0 Å². The number of halogens is 1. The van der Waals surface area contributed by atoms with E-state index in [1.54, 1.807) is 0 Å². The van der Waals surface area contributed by atoms with Gasteiger partial charge in [0, 0.05) is 17.1 Å². The van der Waals surface area contributed by atoms with Gasteiger partial charge >= 0.3 is 0 Å². The lowest BCUT2D eigenvalue weighted by Crippen LogP contribution is -2.44. The predicted molar refractivity (Wildman–Crippen MR) is 79.3 cm³/mol. The standard InChI is InChI=1S/C15H23ClN2O/c1-2-14(17)15(12-7-3-4-8-13(12)16)18-9-5-6-11(18)10-19/h3-4,7-8,11,14-15,19H,2,5-6,9-10,17H2,1H3. The lowest BCUT2D eigenvalue weighted by Gasteiger charge is -2.36. The van der Waals surface area contributed by atoms with Gasteiger partial charge in [0.05, 0.1) is 12.6 Å². The SMILES string of the molecule is CCC(N)C(c1ccccc1Cl)N1CCCC1CO. The maximum absolute atomic E-state index is 9.54. The minimum absolute atomic E-state index is 0.0343. The third-order valence-electron chi connectivity index (χ3n) is 4.09. The van der Waals surface area contributed by atoms with Crippen LogP contribution in [0.4, 0.5) is 0 Å². The summed E-state index contributed by atoms with van der Waals surface area (Å²) in [7, 11) is 0. The molecule has 3 N–H and O–H groups in total. The molecule has 2 rings (SSSR count). The Morgan fingerprint density at radius 2 is 2.21 bits per heavy atom. The van der Waals surface area contributed by atoms with Gasteiger partial charge in [0.15, 0.2) is 0 Å². The zero-order chi connectivity index (χ0) is 13.8. The van der Waals surface area contributed by atoms with E-state index in [-0.39, 0.29) is 24.7 Å². The number of nitrogens with zero attached hydrogens (tertiary/aromatic N) is 1. The molecule has 1 heterocycles. The number of nitrogens with two attached hydrogens (primary N) is 1. The van der Waals surface area contributed by atoms with Crippen molar-refractivity contribution in [2.24, 2.45) is 5.73 Å². The minimum Gasteiger partial charge on any atom is -0.395 e. The largest absolute Gasteiger partial charge is 0.395 e. The molecular weight excluding hydrogens is 260 g/mol. The summed E-state index contributed by atoms with van der Waals surface area (Å²) in [6.07, 6.45) is 3.04. The number of hydrogen-bond acceptors (Lipinski definition) is 3. The second-order valence-electron chi connectivity index (χ2n) is 5.25. The van der Waals surface area contributed by atoms with Gasteiger partial charge in [0.2, 0.25) is 0 Å². The monoisotopic (exact) mass is 282 g/mol. The minimum atomic E-state index is 0.0343. The molecule has 1 aromatic carbocycles. The van der Waals surface area contributed by atoms with Gasteiger partial charge in [-0.25, -0.2) is 0 Å². The summed E-state index contributed by atoms with van der Waals surface area (Å²) in [5.74, 6) is 0. The molecule has 0 radical (unpaired) electrons. The number of rotatable bonds is 5. The van der Waals surface area contributed by atoms with Crippen molar-refractivity contribution in [3.05, 3.63) is 34.9 Å². The molecule has 0 saturated carbocycles. The van der Waals surface area contributed by atoms with E-state index in [9.17, 15) is 5.11 Å². The third-order valence-corrected chi connectivity index (χ3v) is 4.44. The molecule has 3 unspecified atom stereocenters. The van der Waals surface area contributed by atoms with E-state index in [1.807, 2.05) is 18.2 Å². The Morgan fingerprint density at radius 3 is 2.84 bits per heavy atom. The third kappa shape index (κ3) is 3.11. The van der Waals surface area contributed by atoms with Crippen molar-refractivity contribution in [3.8, 4) is 0 Å². The fourth-order valence-electron chi connectivity index (χ4n) is 3.01. The molecule has 1 aliphatic rings. The number of aliphatic hydroxyl groups excluding tert-OH is 1. The van der Waals surface area contributed by atoms with E-state index >= 15 is 0 Å². The summed E-state index contributed by atoms with van der Waals surface area (Å²) in [5.41, 5.74) is 7.42. The predicted octanol–water partition coefficient (Wildman–Crippen LogP) is 2.58. The van der Waals surface area contributed by atoms with Crippen LogP contribution < -0.4 is 5.73 Å². The topological polar surface area (TPSA) is 49.5 Å². The maximum Gasteiger partial charge on any atom is 0.0587 e. The lowest BCUT2D eigenvalue weighted by molar-refractivity contribution is 0.104. The first-order chi connectivity index (χ1) is 9.19. The van der Waals surface area contributed by atoms with Crippen molar-refractivity contribution in [1.29, 1.82) is 0 Å². The molecule has 1 saturated heterocycles. The molecule has 1 fully saturated rings. The number of hydrogen-bond donors (Lipinski definition) is 2. The highest BCUT2D eigenvalue weighted by molar-refractivity contribution is 6.31. The molecule has 0 amide bonds. The average Bonchev–Trinajstić information content (AvgIpc) is 2.89. The highest BCUT2D eigenvalue weighted by atomic mass is 35.5. The fraction of sp³-hybridized carbons (Fsp3) is 0.600. The van der Waals surface area contributed by atoms with E-state index in [0.29, 0.717) is 0 Å². The van der Waals surface area contributed by atoms with E-state index in [0.717, 1.165) is 36.4 Å². The summed E-state index contributed by atoms with van der Waals surface area (Å²) < 4.78 is 0. The maximum atomic E-state index is 9.54. The van der Waals surface area contributed by atoms with Crippen LogP contribution in [-0.4, -0.2) is 35.2 Å². The van der Waals surface area contributed by atoms with Crippen LogP contribution in [0.5, 0.6) is 0 Å². The van der Waals surface area contributed by atoms with Crippen molar-refractivity contribution in [2.45, 2.75) is 44.3 Å². The molecule has 3 atom stereocenters. The van der Waals surface area contributed by atoms with E-state index in [4.69, 9.17) is 17.3 Å². The Labute approximate surface area is 120 Å². The number of benzene rings is 1. The molecule has 1 aliphatic heterocycles. The van der Waals surface area contributed by atoms with Crippen molar-refractivity contribution in [3.63, 3.8) is 0 Å². The van der Waals surface area contributed by atoms with Gasteiger partial charge < -0.3 is 10.8 Å². The molecular formula is C15H23ClN2O. The van der Waals surface area contributed by atoms with Crippen molar-refractivity contribution >= 4 is 11.6 Å². The fourth-order valence-corrected chi connectivity index (χ4v) is 3.26. The highest BCUT2D eigenvalue weighted by Gasteiger charge is 2.34. The van der Waals surface area contributed by atoms with Crippen molar-refractivity contribution in [1.82, 2.24) is 4.90 Å². The summed E-state index contributed by atoms with van der Waals surface area (Å²) >= 11 is 6.34. The van der Waals surface area contributed by atoms with Crippen LogP contribution >= 0.6 is 11.6 Å². The van der Waals surface area contributed by atoms with Crippen LogP contribution in [0, 0.1) is 0 Å². The normalized spacial score (nSPS) is 23.5. The Balaban J connectivity index is 2.33. The van der Waals surface area contributed by atoms with Crippen molar-refractivity contribution < 1.29 is 5.11 Å². The van der Waals surface area contributed by atoms with Gasteiger partial charge in [-0.15, -0.1) is 0 Å². The van der Waals surface area contributed by atoms with Crippen LogP contribution in [0.2, 0.25) is 5.02 Å².